The molecule has 0 atom stereocenters. The molecule has 32 heavy (non-hydrogen) atoms. The highest BCUT2D eigenvalue weighted by atomic mass is 16.7. The molecule has 0 amide bonds. The molecule has 0 spiro atoms. The van der Waals surface area contributed by atoms with Gasteiger partial charge in [-0.2, -0.15) is 0 Å². The van der Waals surface area contributed by atoms with Gasteiger partial charge in [-0.05, 0) is 66.3 Å². The van der Waals surface area contributed by atoms with Gasteiger partial charge in [0.25, 0.3) is 0 Å². The standard InChI is InChI=1S/C25H32B2O5/c1-22(2)23(3,4)30-26(29-22)19-13-9-17(10-14-19)21(28)18-11-15-20(16-12-18)27-31-24(5,6)25(7,8)32-27/h9-16H,1-8H3. The Morgan fingerprint density at radius 2 is 0.781 bits per heavy atom. The number of carbonyl (C=O) groups is 1. The highest BCUT2D eigenvalue weighted by Gasteiger charge is 2.52. The predicted molar refractivity (Wildman–Crippen MR) is 128 cm³/mol. The summed E-state index contributed by atoms with van der Waals surface area (Å²) in [6.07, 6.45) is 0. The molecule has 4 rings (SSSR count). The third-order valence-electron chi connectivity index (χ3n) is 7.40. The fraction of sp³-hybridized carbons (Fsp3) is 0.480. The first-order valence-electron chi connectivity index (χ1n) is 11.2. The molecule has 0 radical (unpaired) electrons. The summed E-state index contributed by atoms with van der Waals surface area (Å²) in [5.74, 6) is -0.0362. The van der Waals surface area contributed by atoms with Gasteiger partial charge >= 0.3 is 14.2 Å². The lowest BCUT2D eigenvalue weighted by Gasteiger charge is -2.32. The van der Waals surface area contributed by atoms with E-state index in [4.69, 9.17) is 18.6 Å². The van der Waals surface area contributed by atoms with Crippen molar-refractivity contribution in [2.24, 2.45) is 0 Å². The minimum Gasteiger partial charge on any atom is -0.399 e. The topological polar surface area (TPSA) is 54.0 Å². The van der Waals surface area contributed by atoms with E-state index in [0.717, 1.165) is 10.9 Å². The zero-order valence-corrected chi connectivity index (χ0v) is 20.3. The lowest BCUT2D eigenvalue weighted by atomic mass is 9.78. The molecular formula is C25H32B2O5. The average molecular weight is 434 g/mol. The van der Waals surface area contributed by atoms with E-state index in [9.17, 15) is 4.79 Å². The van der Waals surface area contributed by atoms with Crippen LogP contribution in [0.1, 0.15) is 71.3 Å². The molecule has 0 unspecified atom stereocenters. The second-order valence-corrected chi connectivity index (χ2v) is 10.7. The largest absolute Gasteiger partial charge is 0.494 e. The van der Waals surface area contributed by atoms with Crippen molar-refractivity contribution in [1.29, 1.82) is 0 Å². The van der Waals surface area contributed by atoms with Gasteiger partial charge in [0.2, 0.25) is 0 Å². The van der Waals surface area contributed by atoms with Gasteiger partial charge in [0, 0.05) is 11.1 Å². The summed E-state index contributed by atoms with van der Waals surface area (Å²) in [5.41, 5.74) is 1.45. The monoisotopic (exact) mass is 434 g/mol. The summed E-state index contributed by atoms with van der Waals surface area (Å²) >= 11 is 0. The quantitative estimate of drug-likeness (QED) is 0.545. The average Bonchev–Trinajstić information content (AvgIpc) is 3.07. The first kappa shape index (κ1) is 23.2. The Morgan fingerprint density at radius 3 is 1.03 bits per heavy atom. The number of ketones is 1. The molecule has 2 aromatic carbocycles. The van der Waals surface area contributed by atoms with E-state index in [1.165, 1.54) is 0 Å². The number of carbonyl (C=O) groups excluding carboxylic acids is 1. The summed E-state index contributed by atoms with van der Waals surface area (Å²) in [6, 6.07) is 14.9. The molecule has 2 saturated heterocycles. The number of hydrogen-bond donors (Lipinski definition) is 0. The van der Waals surface area contributed by atoms with Crippen LogP contribution in [0.25, 0.3) is 0 Å². The third-order valence-corrected chi connectivity index (χ3v) is 7.40. The van der Waals surface area contributed by atoms with Crippen LogP contribution in [0.5, 0.6) is 0 Å². The van der Waals surface area contributed by atoms with Crippen molar-refractivity contribution in [1.82, 2.24) is 0 Å². The first-order valence-corrected chi connectivity index (χ1v) is 11.2. The molecule has 168 valence electrons. The van der Waals surface area contributed by atoms with Crippen LogP contribution in [0.2, 0.25) is 0 Å². The summed E-state index contributed by atoms with van der Waals surface area (Å²) < 4.78 is 24.4. The van der Waals surface area contributed by atoms with Crippen molar-refractivity contribution < 1.29 is 23.4 Å². The lowest BCUT2D eigenvalue weighted by molar-refractivity contribution is 0.00578. The molecule has 2 aromatic rings. The fourth-order valence-corrected chi connectivity index (χ4v) is 3.71. The van der Waals surface area contributed by atoms with Gasteiger partial charge in [-0.3, -0.25) is 4.79 Å². The van der Waals surface area contributed by atoms with E-state index >= 15 is 0 Å². The minimum atomic E-state index is -0.441. The summed E-state index contributed by atoms with van der Waals surface area (Å²) in [4.78, 5) is 13.0. The van der Waals surface area contributed by atoms with Crippen LogP contribution in [0.4, 0.5) is 0 Å². The van der Waals surface area contributed by atoms with Crippen molar-refractivity contribution >= 4 is 30.9 Å². The van der Waals surface area contributed by atoms with Crippen LogP contribution < -0.4 is 10.9 Å². The van der Waals surface area contributed by atoms with Crippen LogP contribution in [0.3, 0.4) is 0 Å². The zero-order valence-electron chi connectivity index (χ0n) is 20.3. The lowest BCUT2D eigenvalue weighted by Crippen LogP contribution is -2.41. The zero-order chi connectivity index (χ0) is 23.5. The van der Waals surface area contributed by atoms with Gasteiger partial charge in [-0.15, -0.1) is 0 Å². The molecule has 0 bridgehead atoms. The van der Waals surface area contributed by atoms with E-state index < -0.39 is 36.6 Å². The molecule has 2 aliphatic heterocycles. The van der Waals surface area contributed by atoms with Crippen molar-refractivity contribution in [3.8, 4) is 0 Å². The second-order valence-electron chi connectivity index (χ2n) is 10.7. The van der Waals surface area contributed by atoms with Gasteiger partial charge in [0.05, 0.1) is 22.4 Å². The summed E-state index contributed by atoms with van der Waals surface area (Å²) in [5, 5.41) is 0. The summed E-state index contributed by atoms with van der Waals surface area (Å²) in [6.45, 7) is 16.2. The number of hydrogen-bond acceptors (Lipinski definition) is 5. The van der Waals surface area contributed by atoms with Gasteiger partial charge in [0.1, 0.15) is 0 Å². The Morgan fingerprint density at radius 1 is 0.531 bits per heavy atom. The van der Waals surface area contributed by atoms with Crippen LogP contribution in [-0.4, -0.2) is 42.4 Å². The van der Waals surface area contributed by atoms with Gasteiger partial charge in [-0.25, -0.2) is 0 Å². The van der Waals surface area contributed by atoms with Crippen molar-refractivity contribution in [2.75, 3.05) is 0 Å². The molecule has 2 aliphatic rings. The van der Waals surface area contributed by atoms with E-state index in [0.29, 0.717) is 11.1 Å². The van der Waals surface area contributed by atoms with Crippen LogP contribution in [0, 0.1) is 0 Å². The second kappa shape index (κ2) is 7.56. The first-order chi connectivity index (χ1) is 14.7. The van der Waals surface area contributed by atoms with Gasteiger partial charge < -0.3 is 18.6 Å². The van der Waals surface area contributed by atoms with E-state index in [2.05, 4.69) is 0 Å². The van der Waals surface area contributed by atoms with Crippen molar-refractivity contribution in [2.45, 2.75) is 77.8 Å². The van der Waals surface area contributed by atoms with E-state index in [-0.39, 0.29) is 5.78 Å². The van der Waals surface area contributed by atoms with Gasteiger partial charge in [-0.1, -0.05) is 48.5 Å². The Labute approximate surface area is 192 Å². The van der Waals surface area contributed by atoms with Crippen LogP contribution >= 0.6 is 0 Å². The molecular weight excluding hydrogens is 402 g/mol. The molecule has 0 saturated carbocycles. The molecule has 2 fully saturated rings. The smallest absolute Gasteiger partial charge is 0.399 e. The minimum absolute atomic E-state index is 0.0362. The molecule has 7 heteroatoms. The normalized spacial score (nSPS) is 22.9. The number of rotatable bonds is 4. The van der Waals surface area contributed by atoms with Crippen LogP contribution in [0.15, 0.2) is 48.5 Å². The Bertz CT molecular complexity index is 896. The van der Waals surface area contributed by atoms with Crippen LogP contribution in [-0.2, 0) is 18.6 Å². The maximum absolute atomic E-state index is 13.0. The summed E-state index contributed by atoms with van der Waals surface area (Å²) in [7, 11) is -0.883. The van der Waals surface area contributed by atoms with Crippen molar-refractivity contribution in [3.63, 3.8) is 0 Å². The highest BCUT2D eigenvalue weighted by molar-refractivity contribution is 6.62. The number of benzene rings is 2. The molecule has 5 nitrogen and oxygen atoms in total. The highest BCUT2D eigenvalue weighted by Crippen LogP contribution is 2.37. The Hall–Kier alpha value is -1.92. The Balaban J connectivity index is 1.46. The third kappa shape index (κ3) is 3.96. The maximum atomic E-state index is 13.0. The molecule has 0 aromatic heterocycles. The van der Waals surface area contributed by atoms with E-state index in [1.807, 2.05) is 104 Å². The maximum Gasteiger partial charge on any atom is 0.494 e. The Kier molecular flexibility index (Phi) is 5.49. The van der Waals surface area contributed by atoms with E-state index in [1.54, 1.807) is 0 Å². The van der Waals surface area contributed by atoms with Gasteiger partial charge in [0.15, 0.2) is 5.78 Å². The molecule has 0 N–H and O–H groups in total. The van der Waals surface area contributed by atoms with Crippen molar-refractivity contribution in [3.05, 3.63) is 59.7 Å². The SMILES string of the molecule is CC1(C)OB(c2ccc(C(=O)c3ccc(B4OC(C)(C)C(C)(C)O4)cc3)cc2)OC1(C)C. The fourth-order valence-electron chi connectivity index (χ4n) is 3.71. The molecule has 2 heterocycles. The predicted octanol–water partition coefficient (Wildman–Crippen LogP) is 3.52. The molecule has 0 aliphatic carbocycles.